The van der Waals surface area contributed by atoms with E-state index in [9.17, 15) is 19.9 Å². The SMILES string of the molecule is COc1ccc(C(Cc2c(Cl)c[n+]([O-])cc2Cl)c2cc(CN(C(=O)O[C@H]3CN4CCC3CC4)c3cccnc3)ccc2C(=O)O)cc1OCC1CC1. The lowest BCUT2D eigenvalue weighted by atomic mass is 9.82. The first-order chi connectivity index (χ1) is 25.2. The molecule has 4 fully saturated rings. The van der Waals surface area contributed by atoms with Crippen LogP contribution in [0.4, 0.5) is 10.5 Å². The Morgan fingerprint density at radius 1 is 1.06 bits per heavy atom. The third kappa shape index (κ3) is 8.06. The maximum Gasteiger partial charge on any atom is 0.414 e. The number of carbonyl (C=O) groups is 2. The summed E-state index contributed by atoms with van der Waals surface area (Å²) in [6, 6.07) is 14.1. The van der Waals surface area contributed by atoms with E-state index in [0.717, 1.165) is 44.3 Å². The predicted molar refractivity (Wildman–Crippen MR) is 195 cm³/mol. The Bertz CT molecular complexity index is 1910. The fourth-order valence-electron chi connectivity index (χ4n) is 7.24. The number of carboxylic acid groups (broad SMARTS) is 1. The van der Waals surface area contributed by atoms with Gasteiger partial charge in [-0.15, -0.1) is 0 Å². The van der Waals surface area contributed by atoms with Gasteiger partial charge in [-0.3, -0.25) is 14.8 Å². The molecule has 272 valence electrons. The molecule has 1 amide bonds. The summed E-state index contributed by atoms with van der Waals surface area (Å²) in [5.41, 5.74) is 2.96. The van der Waals surface area contributed by atoms with Crippen molar-refractivity contribution in [1.29, 1.82) is 0 Å². The van der Waals surface area contributed by atoms with Gasteiger partial charge in [0.05, 0.1) is 37.7 Å². The normalized spacial score (nSPS) is 19.9. The molecule has 1 aliphatic carbocycles. The van der Waals surface area contributed by atoms with Crippen molar-refractivity contribution in [2.45, 2.75) is 50.7 Å². The zero-order chi connectivity index (χ0) is 36.4. The average molecular weight is 748 g/mol. The van der Waals surface area contributed by atoms with E-state index >= 15 is 0 Å². The number of hydrogen-bond donors (Lipinski definition) is 1. The van der Waals surface area contributed by atoms with E-state index in [1.165, 1.54) is 17.3 Å². The summed E-state index contributed by atoms with van der Waals surface area (Å²) in [6.45, 7) is 3.38. The highest BCUT2D eigenvalue weighted by molar-refractivity contribution is 6.35. The summed E-state index contributed by atoms with van der Waals surface area (Å²) in [5.74, 6) is 0.141. The number of piperidine rings is 3. The number of aromatic nitrogens is 2. The van der Waals surface area contributed by atoms with Gasteiger partial charge in [0.2, 0.25) is 0 Å². The second-order valence-electron chi connectivity index (χ2n) is 13.8. The van der Waals surface area contributed by atoms with E-state index in [-0.39, 0.29) is 34.7 Å². The molecule has 13 heteroatoms. The third-order valence-corrected chi connectivity index (χ3v) is 11.0. The van der Waals surface area contributed by atoms with Gasteiger partial charge in [0, 0.05) is 24.2 Å². The summed E-state index contributed by atoms with van der Waals surface area (Å²) in [5, 5.41) is 23.0. The molecule has 0 radical (unpaired) electrons. The number of hydrogen-bond acceptors (Lipinski definition) is 8. The number of rotatable bonds is 13. The molecule has 11 nitrogen and oxygen atoms in total. The van der Waals surface area contributed by atoms with Crippen LogP contribution in [0.1, 0.15) is 64.2 Å². The van der Waals surface area contributed by atoms with Gasteiger partial charge in [0.1, 0.15) is 16.1 Å². The van der Waals surface area contributed by atoms with E-state index in [2.05, 4.69) is 9.88 Å². The summed E-state index contributed by atoms with van der Waals surface area (Å²) < 4.78 is 18.5. The number of halogens is 2. The first kappa shape index (κ1) is 35.8. The summed E-state index contributed by atoms with van der Waals surface area (Å²) in [4.78, 5) is 34.9. The number of fused-ring (bicyclic) bond motifs is 3. The van der Waals surface area contributed by atoms with E-state index in [0.29, 0.717) is 63.6 Å². The lowest BCUT2D eigenvalue weighted by Crippen LogP contribution is -2.53. The van der Waals surface area contributed by atoms with Gasteiger partial charge in [0.25, 0.3) is 0 Å². The van der Waals surface area contributed by atoms with Crippen molar-refractivity contribution in [3.8, 4) is 11.5 Å². The Balaban J connectivity index is 1.28. The number of carboxylic acids is 1. The molecule has 52 heavy (non-hydrogen) atoms. The smallest absolute Gasteiger partial charge is 0.414 e. The number of amides is 1. The van der Waals surface area contributed by atoms with Crippen molar-refractivity contribution in [2.75, 3.05) is 38.3 Å². The minimum Gasteiger partial charge on any atom is -0.619 e. The molecule has 2 aromatic heterocycles. The number of nitrogens with zero attached hydrogens (tertiary/aromatic N) is 4. The first-order valence-corrected chi connectivity index (χ1v) is 18.3. The van der Waals surface area contributed by atoms with Gasteiger partial charge in [-0.1, -0.05) is 41.4 Å². The topological polar surface area (TPSA) is 128 Å². The van der Waals surface area contributed by atoms with E-state index in [1.54, 1.807) is 55.9 Å². The Hall–Kier alpha value is -4.58. The Morgan fingerprint density at radius 2 is 1.83 bits per heavy atom. The molecule has 3 saturated heterocycles. The molecule has 2 bridgehead atoms. The van der Waals surface area contributed by atoms with Gasteiger partial charge in [0.15, 0.2) is 23.9 Å². The minimum atomic E-state index is -1.13. The lowest BCUT2D eigenvalue weighted by Gasteiger charge is -2.44. The van der Waals surface area contributed by atoms with Crippen LogP contribution in [-0.4, -0.2) is 66.5 Å². The minimum absolute atomic E-state index is 0.0647. The van der Waals surface area contributed by atoms with Gasteiger partial charge < -0.3 is 24.5 Å². The fraction of sp³-hybridized carbons (Fsp3) is 0.385. The average Bonchev–Trinajstić information content (AvgIpc) is 3.98. The second-order valence-corrected chi connectivity index (χ2v) is 14.6. The molecular formula is C39H40Cl2N4O7. The van der Waals surface area contributed by atoms with Crippen molar-refractivity contribution in [3.63, 3.8) is 0 Å². The molecule has 1 N–H and O–H groups in total. The van der Waals surface area contributed by atoms with Crippen LogP contribution in [0.25, 0.3) is 0 Å². The highest BCUT2D eigenvalue weighted by Gasteiger charge is 2.38. The highest BCUT2D eigenvalue weighted by atomic mass is 35.5. The largest absolute Gasteiger partial charge is 0.619 e. The van der Waals surface area contributed by atoms with E-state index in [4.69, 9.17) is 37.4 Å². The van der Waals surface area contributed by atoms with Crippen molar-refractivity contribution in [2.24, 2.45) is 11.8 Å². The van der Waals surface area contributed by atoms with Crippen LogP contribution in [-0.2, 0) is 17.7 Å². The van der Waals surface area contributed by atoms with Crippen LogP contribution in [0.3, 0.4) is 0 Å². The predicted octanol–water partition coefficient (Wildman–Crippen LogP) is 7.13. The van der Waals surface area contributed by atoms with Gasteiger partial charge in [-0.05, 0) is 104 Å². The molecule has 2 atom stereocenters. The highest BCUT2D eigenvalue weighted by Crippen LogP contribution is 2.40. The quantitative estimate of drug-likeness (QED) is 0.112. The molecule has 8 rings (SSSR count). The monoisotopic (exact) mass is 746 g/mol. The van der Waals surface area contributed by atoms with Crippen molar-refractivity contribution >= 4 is 41.0 Å². The number of methoxy groups -OCH3 is 1. The van der Waals surface area contributed by atoms with Crippen molar-refractivity contribution in [1.82, 2.24) is 9.88 Å². The van der Waals surface area contributed by atoms with Crippen LogP contribution in [0, 0.1) is 17.0 Å². The molecule has 1 saturated carbocycles. The maximum absolute atomic E-state index is 13.9. The molecular weight excluding hydrogens is 707 g/mol. The number of aromatic carboxylic acids is 1. The summed E-state index contributed by atoms with van der Waals surface area (Å²) in [7, 11) is 1.57. The number of ether oxygens (including phenoxy) is 3. The Kier molecular flexibility index (Phi) is 10.7. The van der Waals surface area contributed by atoms with E-state index in [1.807, 2.05) is 12.1 Å². The van der Waals surface area contributed by atoms with Crippen LogP contribution in [0.5, 0.6) is 11.5 Å². The van der Waals surface area contributed by atoms with Crippen LogP contribution < -0.4 is 19.1 Å². The standard InChI is InChI=1S/C39H40Cl2N4O7/c1-50-35-9-7-27(16-36(35)51-23-24-4-5-24)30(17-32-33(40)20-44(49)21-34(32)41)31-15-25(6-8-29(31)38(46)47)19-45(28-3-2-12-42-18-28)39(48)52-37-22-43-13-10-26(37)11-14-43/h2-3,6-9,12,15-16,18,20-21,24,26,30,37H,4-5,10-11,13-14,17,19,22-23H2,1H3,(H,46,47)/t30?,37-/m0/s1. The lowest BCUT2D eigenvalue weighted by molar-refractivity contribution is -0.605. The van der Waals surface area contributed by atoms with Gasteiger partial charge >= 0.3 is 12.1 Å². The Morgan fingerprint density at radius 3 is 2.46 bits per heavy atom. The van der Waals surface area contributed by atoms with Crippen LogP contribution in [0.2, 0.25) is 10.0 Å². The maximum atomic E-state index is 13.9. The van der Waals surface area contributed by atoms with Crippen molar-refractivity contribution < 1.29 is 33.6 Å². The summed E-state index contributed by atoms with van der Waals surface area (Å²) >= 11 is 13.2. The number of pyridine rings is 2. The molecule has 2 aromatic carbocycles. The van der Waals surface area contributed by atoms with Gasteiger partial charge in [-0.25, -0.2) is 9.59 Å². The fourth-order valence-corrected chi connectivity index (χ4v) is 7.84. The van der Waals surface area contributed by atoms with E-state index < -0.39 is 18.0 Å². The zero-order valence-corrected chi connectivity index (χ0v) is 30.3. The molecule has 1 unspecified atom stereocenters. The Labute approximate surface area is 312 Å². The van der Waals surface area contributed by atoms with Gasteiger partial charge in [-0.2, -0.15) is 4.73 Å². The van der Waals surface area contributed by atoms with Crippen molar-refractivity contribution in [3.05, 3.63) is 116 Å². The third-order valence-electron chi connectivity index (χ3n) is 10.3. The zero-order valence-electron chi connectivity index (χ0n) is 28.8. The first-order valence-electron chi connectivity index (χ1n) is 17.5. The van der Waals surface area contributed by atoms with Crippen LogP contribution in [0.15, 0.2) is 73.3 Å². The molecule has 3 aliphatic heterocycles. The molecule has 0 spiro atoms. The molecule has 5 heterocycles. The van der Waals surface area contributed by atoms with Crippen LogP contribution >= 0.6 is 23.2 Å². The molecule has 4 aliphatic rings. The number of anilines is 1. The molecule has 4 aromatic rings. The second kappa shape index (κ2) is 15.6. The number of carbonyl (C=O) groups excluding carboxylic acids is 1. The summed E-state index contributed by atoms with van der Waals surface area (Å²) in [6.07, 6.45) is 9.34. The number of benzene rings is 2.